The number of hydrogen-bond donors (Lipinski definition) is 0. The predicted octanol–water partition coefficient (Wildman–Crippen LogP) is 3.01. The molecule has 0 heterocycles. The summed E-state index contributed by atoms with van der Waals surface area (Å²) in [6.45, 7) is 4.06. The maximum Gasteiger partial charge on any atom is 0.347 e. The summed E-state index contributed by atoms with van der Waals surface area (Å²) in [6.07, 6.45) is 0.0881. The van der Waals surface area contributed by atoms with E-state index in [4.69, 9.17) is 9.47 Å². The number of ether oxygens (including phenoxy) is 2. The van der Waals surface area contributed by atoms with Gasteiger partial charge in [-0.3, -0.25) is 0 Å². The van der Waals surface area contributed by atoms with Crippen LogP contribution in [-0.2, 0) is 9.53 Å². The molecule has 1 aromatic carbocycles. The third-order valence-electron chi connectivity index (χ3n) is 2.01. The van der Waals surface area contributed by atoms with Crippen LogP contribution in [0.5, 0.6) is 5.75 Å². The number of hydrogen-bond acceptors (Lipinski definition) is 3. The van der Waals surface area contributed by atoms with Gasteiger partial charge in [-0.25, -0.2) is 4.79 Å². The number of benzene rings is 1. The molecule has 0 spiro atoms. The summed E-state index contributed by atoms with van der Waals surface area (Å²) in [5.74, 6) is 0.392. The van der Waals surface area contributed by atoms with Gasteiger partial charge < -0.3 is 9.47 Å². The Morgan fingerprint density at radius 2 is 1.94 bits per heavy atom. The Bertz CT molecular complexity index is 335. The first-order valence-electron chi connectivity index (χ1n) is 5.26. The highest BCUT2D eigenvalue weighted by molar-refractivity contribution is 14.1. The van der Waals surface area contributed by atoms with Gasteiger partial charge in [0.25, 0.3) is 0 Å². The summed E-state index contributed by atoms with van der Waals surface area (Å²) in [5, 5.41) is 0. The normalized spacial score (nSPS) is 11.9. The Morgan fingerprint density at radius 3 is 2.44 bits per heavy atom. The van der Waals surface area contributed by atoms with Gasteiger partial charge in [0, 0.05) is 3.57 Å². The summed E-state index contributed by atoms with van der Waals surface area (Å²) in [4.78, 5) is 11.5. The molecule has 0 bridgehead atoms. The number of rotatable bonds is 5. The zero-order valence-electron chi connectivity index (χ0n) is 9.40. The van der Waals surface area contributed by atoms with E-state index >= 15 is 0 Å². The van der Waals surface area contributed by atoms with E-state index in [0.717, 1.165) is 3.57 Å². The van der Waals surface area contributed by atoms with E-state index in [9.17, 15) is 4.79 Å². The molecule has 0 amide bonds. The van der Waals surface area contributed by atoms with Crippen LogP contribution in [0, 0.1) is 3.57 Å². The maximum atomic E-state index is 11.5. The molecule has 0 aliphatic rings. The lowest BCUT2D eigenvalue weighted by Crippen LogP contribution is -2.28. The first-order chi connectivity index (χ1) is 7.67. The van der Waals surface area contributed by atoms with E-state index in [1.54, 1.807) is 6.92 Å². The molecule has 0 N–H and O–H groups in total. The minimum atomic E-state index is -0.514. The fourth-order valence-electron chi connectivity index (χ4n) is 1.21. The first kappa shape index (κ1) is 13.3. The molecule has 0 aliphatic carbocycles. The largest absolute Gasteiger partial charge is 0.479 e. The molecule has 1 unspecified atom stereocenters. The van der Waals surface area contributed by atoms with Crippen molar-refractivity contribution in [3.63, 3.8) is 0 Å². The Hall–Kier alpha value is -0.780. The van der Waals surface area contributed by atoms with Crippen molar-refractivity contribution in [1.29, 1.82) is 0 Å². The van der Waals surface area contributed by atoms with Gasteiger partial charge in [-0.1, -0.05) is 6.92 Å². The van der Waals surface area contributed by atoms with Crippen molar-refractivity contribution in [2.24, 2.45) is 0 Å². The van der Waals surface area contributed by atoms with Gasteiger partial charge in [0.05, 0.1) is 6.61 Å². The molecule has 0 fully saturated rings. The van der Waals surface area contributed by atoms with Gasteiger partial charge in [-0.05, 0) is 60.2 Å². The van der Waals surface area contributed by atoms with Crippen LogP contribution in [0.2, 0.25) is 0 Å². The van der Waals surface area contributed by atoms with E-state index < -0.39 is 6.10 Å². The van der Waals surface area contributed by atoms with Gasteiger partial charge >= 0.3 is 5.97 Å². The second-order valence-electron chi connectivity index (χ2n) is 3.22. The van der Waals surface area contributed by atoms with E-state index in [1.165, 1.54) is 0 Å². The Balaban J connectivity index is 2.62. The van der Waals surface area contributed by atoms with Gasteiger partial charge in [-0.2, -0.15) is 0 Å². The molecule has 1 atom stereocenters. The Kier molecular flexibility index (Phi) is 5.59. The molecule has 16 heavy (non-hydrogen) atoms. The topological polar surface area (TPSA) is 35.5 Å². The molecule has 1 rings (SSSR count). The van der Waals surface area contributed by atoms with Crippen molar-refractivity contribution in [3.8, 4) is 5.75 Å². The van der Waals surface area contributed by atoms with Crippen molar-refractivity contribution >= 4 is 28.6 Å². The summed E-state index contributed by atoms with van der Waals surface area (Å²) in [6, 6.07) is 7.58. The SMILES string of the molecule is CCOC(=O)C(CC)Oc1ccc(I)cc1. The van der Waals surface area contributed by atoms with Gasteiger partial charge in [0.2, 0.25) is 0 Å². The molecular formula is C12H15IO3. The zero-order chi connectivity index (χ0) is 12.0. The van der Waals surface area contributed by atoms with Crippen LogP contribution >= 0.6 is 22.6 Å². The fraction of sp³-hybridized carbons (Fsp3) is 0.417. The molecular weight excluding hydrogens is 319 g/mol. The minimum Gasteiger partial charge on any atom is -0.479 e. The van der Waals surface area contributed by atoms with Crippen molar-refractivity contribution in [2.45, 2.75) is 26.4 Å². The van der Waals surface area contributed by atoms with Crippen LogP contribution in [-0.4, -0.2) is 18.7 Å². The van der Waals surface area contributed by atoms with Crippen molar-refractivity contribution in [3.05, 3.63) is 27.8 Å². The molecule has 4 heteroatoms. The molecule has 88 valence electrons. The van der Waals surface area contributed by atoms with Gasteiger partial charge in [0.15, 0.2) is 6.10 Å². The molecule has 1 aromatic rings. The standard InChI is InChI=1S/C12H15IO3/c1-3-11(12(14)15-4-2)16-10-7-5-9(13)6-8-10/h5-8,11H,3-4H2,1-2H3. The molecule has 0 saturated heterocycles. The summed E-state index contributed by atoms with van der Waals surface area (Å²) < 4.78 is 11.6. The molecule has 0 radical (unpaired) electrons. The smallest absolute Gasteiger partial charge is 0.347 e. The highest BCUT2D eigenvalue weighted by atomic mass is 127. The lowest BCUT2D eigenvalue weighted by molar-refractivity contribution is -0.151. The molecule has 0 aliphatic heterocycles. The third-order valence-corrected chi connectivity index (χ3v) is 2.73. The number of esters is 1. The van der Waals surface area contributed by atoms with Crippen LogP contribution in [0.4, 0.5) is 0 Å². The average Bonchev–Trinajstić information content (AvgIpc) is 2.28. The quantitative estimate of drug-likeness (QED) is 0.613. The summed E-state index contributed by atoms with van der Waals surface area (Å²) in [7, 11) is 0. The van der Waals surface area contributed by atoms with Crippen LogP contribution in [0.25, 0.3) is 0 Å². The molecule has 0 saturated carbocycles. The summed E-state index contributed by atoms with van der Waals surface area (Å²) >= 11 is 2.22. The van der Waals surface area contributed by atoms with E-state index in [0.29, 0.717) is 18.8 Å². The van der Waals surface area contributed by atoms with Crippen LogP contribution in [0.3, 0.4) is 0 Å². The fourth-order valence-corrected chi connectivity index (χ4v) is 1.57. The number of carbonyl (C=O) groups excluding carboxylic acids is 1. The average molecular weight is 334 g/mol. The highest BCUT2D eigenvalue weighted by Crippen LogP contribution is 2.16. The number of halogens is 1. The Morgan fingerprint density at radius 1 is 1.31 bits per heavy atom. The lowest BCUT2D eigenvalue weighted by Gasteiger charge is -2.15. The Labute approximate surface area is 109 Å². The van der Waals surface area contributed by atoms with E-state index in [2.05, 4.69) is 22.6 Å². The molecule has 0 aromatic heterocycles. The highest BCUT2D eigenvalue weighted by Gasteiger charge is 2.19. The van der Waals surface area contributed by atoms with Gasteiger partial charge in [0.1, 0.15) is 5.75 Å². The van der Waals surface area contributed by atoms with Crippen molar-refractivity contribution in [2.75, 3.05) is 6.61 Å². The predicted molar refractivity (Wildman–Crippen MR) is 70.5 cm³/mol. The minimum absolute atomic E-state index is 0.302. The lowest BCUT2D eigenvalue weighted by atomic mass is 10.2. The van der Waals surface area contributed by atoms with Crippen LogP contribution < -0.4 is 4.74 Å². The maximum absolute atomic E-state index is 11.5. The van der Waals surface area contributed by atoms with E-state index in [-0.39, 0.29) is 5.97 Å². The van der Waals surface area contributed by atoms with Crippen molar-refractivity contribution < 1.29 is 14.3 Å². The monoisotopic (exact) mass is 334 g/mol. The van der Waals surface area contributed by atoms with E-state index in [1.807, 2.05) is 31.2 Å². The summed E-state index contributed by atoms with van der Waals surface area (Å²) in [5.41, 5.74) is 0. The second-order valence-corrected chi connectivity index (χ2v) is 4.47. The zero-order valence-corrected chi connectivity index (χ0v) is 11.6. The van der Waals surface area contributed by atoms with Crippen LogP contribution in [0.1, 0.15) is 20.3 Å². The van der Waals surface area contributed by atoms with Crippen molar-refractivity contribution in [1.82, 2.24) is 0 Å². The number of carbonyl (C=O) groups is 1. The van der Waals surface area contributed by atoms with Crippen LogP contribution in [0.15, 0.2) is 24.3 Å². The first-order valence-corrected chi connectivity index (χ1v) is 6.34. The third kappa shape index (κ3) is 4.00. The second kappa shape index (κ2) is 6.73. The molecule has 3 nitrogen and oxygen atoms in total. The van der Waals surface area contributed by atoms with Gasteiger partial charge in [-0.15, -0.1) is 0 Å².